The van der Waals surface area contributed by atoms with E-state index < -0.39 is 0 Å². The van der Waals surface area contributed by atoms with Crippen molar-refractivity contribution in [3.63, 3.8) is 0 Å². The summed E-state index contributed by atoms with van der Waals surface area (Å²) in [5.41, 5.74) is 3.35. The van der Waals surface area contributed by atoms with E-state index in [1.165, 1.54) is 0 Å². The van der Waals surface area contributed by atoms with Gasteiger partial charge in [0.25, 0.3) is 0 Å². The highest BCUT2D eigenvalue weighted by Crippen LogP contribution is 2.22. The third-order valence-corrected chi connectivity index (χ3v) is 4.36. The van der Waals surface area contributed by atoms with Crippen LogP contribution >= 0.6 is 0 Å². The van der Waals surface area contributed by atoms with E-state index in [-0.39, 0.29) is 0 Å². The van der Waals surface area contributed by atoms with Crippen LogP contribution in [-0.2, 0) is 0 Å². The van der Waals surface area contributed by atoms with Crippen molar-refractivity contribution in [3.8, 4) is 11.5 Å². The molecule has 0 atom stereocenters. The summed E-state index contributed by atoms with van der Waals surface area (Å²) < 4.78 is 10.4. The number of hydrogen-bond acceptors (Lipinski definition) is 6. The second kappa shape index (κ2) is 8.73. The van der Waals surface area contributed by atoms with Crippen molar-refractivity contribution in [2.24, 2.45) is 10.3 Å². The summed E-state index contributed by atoms with van der Waals surface area (Å²) in [6, 6.07) is 21.6. The lowest BCUT2D eigenvalue weighted by Crippen LogP contribution is -2.13. The first-order chi connectivity index (χ1) is 13.7. The number of methoxy groups -OCH3 is 2. The van der Waals surface area contributed by atoms with Crippen molar-refractivity contribution < 1.29 is 19.9 Å². The largest absolute Gasteiger partial charge is 0.497 e. The third kappa shape index (κ3) is 3.81. The molecule has 2 N–H and O–H groups in total. The summed E-state index contributed by atoms with van der Waals surface area (Å²) >= 11 is 0. The first-order valence-electron chi connectivity index (χ1n) is 8.54. The van der Waals surface area contributed by atoms with Crippen LogP contribution in [0.15, 0.2) is 83.1 Å². The monoisotopic (exact) mass is 376 g/mol. The number of hydrogen-bond donors (Lipinski definition) is 2. The Morgan fingerprint density at radius 2 is 0.964 bits per heavy atom. The summed E-state index contributed by atoms with van der Waals surface area (Å²) in [5, 5.41) is 26.4. The lowest BCUT2D eigenvalue weighted by molar-refractivity contribution is 0.318. The summed E-state index contributed by atoms with van der Waals surface area (Å²) in [6.07, 6.45) is 0. The number of ether oxygens (including phenoxy) is 2. The minimum absolute atomic E-state index is 0.355. The molecule has 0 unspecified atom stereocenters. The zero-order valence-corrected chi connectivity index (χ0v) is 15.5. The SMILES string of the molecule is COc1ccc(/C(=N/O)c2ccccc2/C(=N\O)c2ccc(OC)cc2)cc1. The van der Waals surface area contributed by atoms with E-state index in [0.717, 1.165) is 0 Å². The molecular weight excluding hydrogens is 356 g/mol. The second-order valence-electron chi connectivity index (χ2n) is 5.90. The number of nitrogens with zero attached hydrogens (tertiary/aromatic N) is 2. The Labute approximate surface area is 163 Å². The maximum absolute atomic E-state index is 9.72. The van der Waals surface area contributed by atoms with Crippen LogP contribution in [0.25, 0.3) is 0 Å². The van der Waals surface area contributed by atoms with Crippen LogP contribution in [0.5, 0.6) is 11.5 Å². The quantitative estimate of drug-likeness (QED) is 0.384. The zero-order valence-electron chi connectivity index (χ0n) is 15.5. The Morgan fingerprint density at radius 3 is 1.25 bits per heavy atom. The molecule has 0 bridgehead atoms. The average molecular weight is 376 g/mol. The summed E-state index contributed by atoms with van der Waals surface area (Å²) in [4.78, 5) is 0. The van der Waals surface area contributed by atoms with Crippen LogP contribution in [0.2, 0.25) is 0 Å². The van der Waals surface area contributed by atoms with Crippen LogP contribution in [0.4, 0.5) is 0 Å². The highest BCUT2D eigenvalue weighted by molar-refractivity contribution is 6.22. The fraction of sp³-hybridized carbons (Fsp3) is 0.0909. The maximum Gasteiger partial charge on any atom is 0.118 e. The number of rotatable bonds is 6. The molecule has 3 aromatic rings. The van der Waals surface area contributed by atoms with Gasteiger partial charge < -0.3 is 19.9 Å². The normalized spacial score (nSPS) is 11.9. The molecular formula is C22H20N2O4. The fourth-order valence-electron chi connectivity index (χ4n) is 2.93. The molecule has 0 saturated carbocycles. The van der Waals surface area contributed by atoms with Crippen molar-refractivity contribution in [2.75, 3.05) is 14.2 Å². The molecule has 0 aliphatic heterocycles. The zero-order chi connectivity index (χ0) is 19.9. The first kappa shape index (κ1) is 19.0. The number of benzene rings is 3. The van der Waals surface area contributed by atoms with E-state index in [1.807, 2.05) is 24.3 Å². The van der Waals surface area contributed by atoms with Gasteiger partial charge in [0.2, 0.25) is 0 Å². The molecule has 6 nitrogen and oxygen atoms in total. The summed E-state index contributed by atoms with van der Waals surface area (Å²) in [7, 11) is 3.17. The molecule has 28 heavy (non-hydrogen) atoms. The van der Waals surface area contributed by atoms with Crippen molar-refractivity contribution in [2.45, 2.75) is 0 Å². The van der Waals surface area contributed by atoms with Crippen molar-refractivity contribution >= 4 is 11.4 Å². The van der Waals surface area contributed by atoms with Gasteiger partial charge in [-0.1, -0.05) is 34.6 Å². The maximum atomic E-state index is 9.72. The fourth-order valence-corrected chi connectivity index (χ4v) is 2.93. The molecule has 0 saturated heterocycles. The lowest BCUT2D eigenvalue weighted by atomic mass is 9.92. The minimum atomic E-state index is 0.355. The number of oxime groups is 2. The van der Waals surface area contributed by atoms with Crippen LogP contribution in [0.3, 0.4) is 0 Å². The van der Waals surface area contributed by atoms with Gasteiger partial charge in [0.1, 0.15) is 22.9 Å². The standard InChI is InChI=1S/C22H20N2O4/c1-27-17-11-7-15(8-12-17)21(23-25)19-5-3-4-6-20(19)22(24-26)16-9-13-18(28-2)14-10-16/h3-14,25-26H,1-2H3/b23-21-,24-22-. The third-order valence-electron chi connectivity index (χ3n) is 4.36. The molecule has 6 heteroatoms. The van der Waals surface area contributed by atoms with Gasteiger partial charge >= 0.3 is 0 Å². The van der Waals surface area contributed by atoms with Gasteiger partial charge in [0.05, 0.1) is 14.2 Å². The molecule has 0 aliphatic carbocycles. The minimum Gasteiger partial charge on any atom is -0.497 e. The van der Waals surface area contributed by atoms with Crippen LogP contribution in [0.1, 0.15) is 22.3 Å². The molecule has 3 rings (SSSR count). The summed E-state index contributed by atoms with van der Waals surface area (Å²) in [5.74, 6) is 1.40. The Bertz CT molecular complexity index is 911. The Kier molecular flexibility index (Phi) is 5.91. The van der Waals surface area contributed by atoms with Gasteiger partial charge in [-0.15, -0.1) is 0 Å². The molecule has 0 aliphatic rings. The van der Waals surface area contributed by atoms with E-state index in [4.69, 9.17) is 9.47 Å². The van der Waals surface area contributed by atoms with Crippen LogP contribution in [-0.4, -0.2) is 36.1 Å². The molecule has 0 spiro atoms. The molecule has 0 radical (unpaired) electrons. The van der Waals surface area contributed by atoms with Gasteiger partial charge in [-0.3, -0.25) is 0 Å². The van der Waals surface area contributed by atoms with E-state index in [9.17, 15) is 10.4 Å². The second-order valence-corrected chi connectivity index (χ2v) is 5.90. The van der Waals surface area contributed by atoms with Gasteiger partial charge in [-0.25, -0.2) is 0 Å². The van der Waals surface area contributed by atoms with Gasteiger partial charge in [0.15, 0.2) is 0 Å². The first-order valence-corrected chi connectivity index (χ1v) is 8.54. The van der Waals surface area contributed by atoms with Crippen LogP contribution in [0, 0.1) is 0 Å². The van der Waals surface area contributed by atoms with Crippen molar-refractivity contribution in [3.05, 3.63) is 95.1 Å². The summed E-state index contributed by atoms with van der Waals surface area (Å²) in [6.45, 7) is 0. The lowest BCUT2D eigenvalue weighted by Gasteiger charge is -2.13. The van der Waals surface area contributed by atoms with Crippen molar-refractivity contribution in [1.82, 2.24) is 0 Å². The highest BCUT2D eigenvalue weighted by Gasteiger charge is 2.18. The van der Waals surface area contributed by atoms with Gasteiger partial charge in [-0.2, -0.15) is 0 Å². The van der Waals surface area contributed by atoms with E-state index in [2.05, 4.69) is 10.3 Å². The Hall–Kier alpha value is -3.80. The topological polar surface area (TPSA) is 83.6 Å². The van der Waals surface area contributed by atoms with E-state index >= 15 is 0 Å². The Balaban J connectivity index is 2.07. The highest BCUT2D eigenvalue weighted by atomic mass is 16.5. The molecule has 3 aromatic carbocycles. The molecule has 0 amide bonds. The Morgan fingerprint density at radius 1 is 0.607 bits per heavy atom. The molecule has 0 heterocycles. The van der Waals surface area contributed by atoms with Crippen LogP contribution < -0.4 is 9.47 Å². The predicted molar refractivity (Wildman–Crippen MR) is 107 cm³/mol. The van der Waals surface area contributed by atoms with E-state index in [1.54, 1.807) is 62.8 Å². The van der Waals surface area contributed by atoms with Gasteiger partial charge in [0, 0.05) is 22.3 Å². The van der Waals surface area contributed by atoms with Crippen molar-refractivity contribution in [1.29, 1.82) is 0 Å². The average Bonchev–Trinajstić information content (AvgIpc) is 2.77. The van der Waals surface area contributed by atoms with Gasteiger partial charge in [-0.05, 0) is 48.5 Å². The molecule has 0 aromatic heterocycles. The van der Waals surface area contributed by atoms with E-state index in [0.29, 0.717) is 45.2 Å². The predicted octanol–water partition coefficient (Wildman–Crippen LogP) is 4.16. The smallest absolute Gasteiger partial charge is 0.118 e. The molecule has 0 fully saturated rings. The molecule has 142 valence electrons.